The van der Waals surface area contributed by atoms with Crippen molar-refractivity contribution in [3.8, 4) is 0 Å². The molecule has 3 aromatic rings. The molecular formula is C22H23BrN4O4. The number of carboxylic acids is 2. The summed E-state index contributed by atoms with van der Waals surface area (Å²) in [4.78, 5) is 32.0. The number of benzene rings is 1. The van der Waals surface area contributed by atoms with Crippen LogP contribution in [0.25, 0.3) is 10.9 Å². The minimum absolute atomic E-state index is 0.219. The number of nitrogens with zero attached hydrogens (tertiary/aromatic N) is 4. The summed E-state index contributed by atoms with van der Waals surface area (Å²) in [6.07, 6.45) is 5.27. The van der Waals surface area contributed by atoms with Crippen LogP contribution >= 0.6 is 15.9 Å². The quantitative estimate of drug-likeness (QED) is 0.529. The molecule has 0 saturated carbocycles. The molecule has 1 aliphatic heterocycles. The van der Waals surface area contributed by atoms with Gasteiger partial charge in [-0.3, -0.25) is 24.4 Å². The van der Waals surface area contributed by atoms with Crippen molar-refractivity contribution in [2.45, 2.75) is 19.1 Å². The molecule has 1 saturated heterocycles. The summed E-state index contributed by atoms with van der Waals surface area (Å²) in [7, 11) is 0. The van der Waals surface area contributed by atoms with E-state index in [1.165, 1.54) is 0 Å². The van der Waals surface area contributed by atoms with Crippen LogP contribution in [0, 0.1) is 0 Å². The predicted molar refractivity (Wildman–Crippen MR) is 119 cm³/mol. The topological polar surface area (TPSA) is 98.9 Å². The number of piperazine rings is 1. The summed E-state index contributed by atoms with van der Waals surface area (Å²) in [5.74, 6) is -1.91. The van der Waals surface area contributed by atoms with Gasteiger partial charge in [0.15, 0.2) is 0 Å². The van der Waals surface area contributed by atoms with Crippen LogP contribution in [0.4, 0.5) is 0 Å². The third-order valence-corrected chi connectivity index (χ3v) is 6.10. The van der Waals surface area contributed by atoms with E-state index in [1.54, 1.807) is 17.0 Å². The van der Waals surface area contributed by atoms with Gasteiger partial charge >= 0.3 is 11.9 Å². The van der Waals surface area contributed by atoms with Gasteiger partial charge in [0.05, 0.1) is 0 Å². The zero-order valence-corrected chi connectivity index (χ0v) is 18.4. The number of halogens is 1. The van der Waals surface area contributed by atoms with Crippen molar-refractivity contribution < 1.29 is 19.8 Å². The Morgan fingerprint density at radius 3 is 2.55 bits per heavy atom. The number of pyridine rings is 1. The van der Waals surface area contributed by atoms with Gasteiger partial charge in [-0.2, -0.15) is 0 Å². The Bertz CT molecular complexity index is 1090. The van der Waals surface area contributed by atoms with Crippen LogP contribution in [0.15, 0.2) is 53.4 Å². The molecule has 0 bridgehead atoms. The fraction of sp³-hybridized carbons (Fsp3) is 0.318. The van der Waals surface area contributed by atoms with Crippen molar-refractivity contribution in [2.24, 2.45) is 0 Å². The van der Waals surface area contributed by atoms with E-state index in [1.807, 2.05) is 41.4 Å². The summed E-state index contributed by atoms with van der Waals surface area (Å²) in [5.41, 5.74) is 2.46. The molecule has 162 valence electrons. The molecule has 0 radical (unpaired) electrons. The summed E-state index contributed by atoms with van der Waals surface area (Å²) in [6.45, 7) is 3.27. The van der Waals surface area contributed by atoms with Crippen molar-refractivity contribution in [1.29, 1.82) is 0 Å². The maximum Gasteiger partial charge on any atom is 0.325 e. The van der Waals surface area contributed by atoms with E-state index in [-0.39, 0.29) is 6.54 Å². The number of fused-ring (bicyclic) bond motifs is 1. The zero-order valence-electron chi connectivity index (χ0n) is 16.8. The van der Waals surface area contributed by atoms with Gasteiger partial charge in [-0.05, 0) is 29.8 Å². The number of hydrogen-bond acceptors (Lipinski definition) is 5. The molecule has 0 spiro atoms. The molecular weight excluding hydrogens is 464 g/mol. The van der Waals surface area contributed by atoms with Crippen LogP contribution in [0.5, 0.6) is 0 Å². The van der Waals surface area contributed by atoms with Crippen LogP contribution < -0.4 is 0 Å². The van der Waals surface area contributed by atoms with Gasteiger partial charge in [-0.1, -0.05) is 22.0 Å². The van der Waals surface area contributed by atoms with E-state index in [9.17, 15) is 19.8 Å². The van der Waals surface area contributed by atoms with Crippen LogP contribution in [0.1, 0.15) is 17.2 Å². The second kappa shape index (κ2) is 9.17. The molecule has 9 heteroatoms. The highest BCUT2D eigenvalue weighted by Gasteiger charge is 2.33. The maximum absolute atomic E-state index is 12.3. The van der Waals surface area contributed by atoms with Crippen molar-refractivity contribution in [1.82, 2.24) is 19.4 Å². The number of rotatable bonds is 7. The Balaban J connectivity index is 1.58. The first kappa shape index (κ1) is 21.5. The second-order valence-corrected chi connectivity index (χ2v) is 8.60. The number of aliphatic carboxylic acids is 2. The molecule has 3 heterocycles. The average Bonchev–Trinajstić information content (AvgIpc) is 3.06. The van der Waals surface area contributed by atoms with Gasteiger partial charge < -0.3 is 14.8 Å². The van der Waals surface area contributed by atoms with E-state index in [4.69, 9.17) is 0 Å². The first-order valence-corrected chi connectivity index (χ1v) is 10.8. The second-order valence-electron chi connectivity index (χ2n) is 7.68. The monoisotopic (exact) mass is 486 g/mol. The third-order valence-electron chi connectivity index (χ3n) is 5.61. The van der Waals surface area contributed by atoms with Crippen molar-refractivity contribution in [3.05, 3.63) is 64.5 Å². The Labute approximate surface area is 187 Å². The Kier molecular flexibility index (Phi) is 6.35. The Hall–Kier alpha value is -2.75. The third kappa shape index (κ3) is 4.79. The highest BCUT2D eigenvalue weighted by molar-refractivity contribution is 9.10. The molecule has 8 nitrogen and oxygen atoms in total. The Morgan fingerprint density at radius 2 is 1.90 bits per heavy atom. The van der Waals surface area contributed by atoms with Gasteiger partial charge in [-0.25, -0.2) is 0 Å². The SMILES string of the molecule is O=C(O)Cn1cc(C(C(=O)O)N2CCN(Cc3cccnc3)CC2)c2cc(Br)ccc21. The molecule has 2 N–H and O–H groups in total. The van der Waals surface area contributed by atoms with Gasteiger partial charge in [0.1, 0.15) is 12.6 Å². The fourth-order valence-electron chi connectivity index (χ4n) is 4.21. The van der Waals surface area contributed by atoms with Crippen LogP contribution in [0.2, 0.25) is 0 Å². The van der Waals surface area contributed by atoms with Gasteiger partial charge in [0.25, 0.3) is 0 Å². The van der Waals surface area contributed by atoms with Gasteiger partial charge in [0.2, 0.25) is 0 Å². The van der Waals surface area contributed by atoms with Crippen molar-refractivity contribution >= 4 is 38.8 Å². The lowest BCUT2D eigenvalue weighted by Gasteiger charge is -2.37. The number of hydrogen-bond donors (Lipinski definition) is 2. The first-order valence-electron chi connectivity index (χ1n) is 10.0. The molecule has 2 aromatic heterocycles. The maximum atomic E-state index is 12.3. The smallest absolute Gasteiger partial charge is 0.325 e. The molecule has 0 amide bonds. The average molecular weight is 487 g/mol. The molecule has 31 heavy (non-hydrogen) atoms. The molecule has 1 aromatic carbocycles. The van der Waals surface area contributed by atoms with Crippen LogP contribution in [-0.2, 0) is 22.7 Å². The van der Waals surface area contributed by atoms with E-state index < -0.39 is 18.0 Å². The van der Waals surface area contributed by atoms with Crippen LogP contribution in [0.3, 0.4) is 0 Å². The lowest BCUT2D eigenvalue weighted by molar-refractivity contribution is -0.144. The summed E-state index contributed by atoms with van der Waals surface area (Å²) in [6, 6.07) is 8.62. The highest BCUT2D eigenvalue weighted by Crippen LogP contribution is 2.33. The van der Waals surface area contributed by atoms with E-state index in [2.05, 4.69) is 25.8 Å². The zero-order chi connectivity index (χ0) is 22.0. The molecule has 0 aliphatic carbocycles. The standard InChI is InChI=1S/C22H23BrN4O4/c23-16-3-4-19-17(10-16)18(13-27(19)14-20(28)29)21(22(30)31)26-8-6-25(7-9-26)12-15-2-1-5-24-11-15/h1-5,10-11,13,21H,6-9,12,14H2,(H,28,29)(H,30,31). The number of carbonyl (C=O) groups is 2. The largest absolute Gasteiger partial charge is 0.480 e. The van der Waals surface area contributed by atoms with E-state index in [0.29, 0.717) is 24.2 Å². The van der Waals surface area contributed by atoms with Crippen LogP contribution in [-0.4, -0.2) is 67.7 Å². The molecule has 1 fully saturated rings. The van der Waals surface area contributed by atoms with E-state index in [0.717, 1.165) is 35.1 Å². The molecule has 1 atom stereocenters. The molecule has 1 unspecified atom stereocenters. The predicted octanol–water partition coefficient (Wildman–Crippen LogP) is 2.83. The highest BCUT2D eigenvalue weighted by atomic mass is 79.9. The van der Waals surface area contributed by atoms with Gasteiger partial charge in [0, 0.05) is 72.3 Å². The van der Waals surface area contributed by atoms with E-state index >= 15 is 0 Å². The molecule has 1 aliphatic rings. The van der Waals surface area contributed by atoms with Gasteiger partial charge in [-0.15, -0.1) is 0 Å². The minimum atomic E-state index is -0.970. The minimum Gasteiger partial charge on any atom is -0.480 e. The lowest BCUT2D eigenvalue weighted by atomic mass is 10.0. The Morgan fingerprint density at radius 1 is 1.13 bits per heavy atom. The van der Waals surface area contributed by atoms with Crippen molar-refractivity contribution in [2.75, 3.05) is 26.2 Å². The number of carboxylic acid groups (broad SMARTS) is 2. The number of aromatic nitrogens is 2. The summed E-state index contributed by atoms with van der Waals surface area (Å²) in [5, 5.41) is 20.1. The summed E-state index contributed by atoms with van der Waals surface area (Å²) < 4.78 is 2.42. The normalized spacial score (nSPS) is 16.4. The van der Waals surface area contributed by atoms with Crippen molar-refractivity contribution in [3.63, 3.8) is 0 Å². The first-order chi connectivity index (χ1) is 14.9. The lowest BCUT2D eigenvalue weighted by Crippen LogP contribution is -2.48. The molecule has 4 rings (SSSR count). The summed E-state index contributed by atoms with van der Waals surface area (Å²) >= 11 is 3.45. The fourth-order valence-corrected chi connectivity index (χ4v) is 4.57.